The van der Waals surface area contributed by atoms with Gasteiger partial charge in [-0.05, 0) is 38.2 Å². The highest BCUT2D eigenvalue weighted by molar-refractivity contribution is 7.71. The molecular formula is C22H27N4OS+. The summed E-state index contributed by atoms with van der Waals surface area (Å²) in [7, 11) is 0. The lowest BCUT2D eigenvalue weighted by Gasteiger charge is -2.26. The van der Waals surface area contributed by atoms with Crippen molar-refractivity contribution in [2.75, 3.05) is 13.1 Å². The predicted octanol–water partition coefficient (Wildman–Crippen LogP) is 2.68. The first-order valence-corrected chi connectivity index (χ1v) is 10.3. The molecule has 0 saturated carbocycles. The van der Waals surface area contributed by atoms with Gasteiger partial charge in [-0.15, -0.1) is 5.10 Å². The lowest BCUT2D eigenvalue weighted by Crippen LogP contribution is -3.12. The summed E-state index contributed by atoms with van der Waals surface area (Å²) in [4.78, 5) is 1.41. The van der Waals surface area contributed by atoms with Gasteiger partial charge in [0.2, 0.25) is 4.77 Å². The van der Waals surface area contributed by atoms with E-state index in [-0.39, 0.29) is 6.10 Å². The van der Waals surface area contributed by atoms with Crippen LogP contribution in [0.1, 0.15) is 24.0 Å². The Hall–Kier alpha value is -2.28. The van der Waals surface area contributed by atoms with Crippen LogP contribution in [0.5, 0.6) is 0 Å². The summed E-state index contributed by atoms with van der Waals surface area (Å²) in [5, 5.41) is 14.7. The van der Waals surface area contributed by atoms with Crippen molar-refractivity contribution >= 4 is 12.2 Å². The van der Waals surface area contributed by atoms with E-state index in [4.69, 9.17) is 17.3 Å². The molecule has 2 N–H and O–H groups in total. The molecule has 0 spiro atoms. The lowest BCUT2D eigenvalue weighted by atomic mass is 10.1. The minimum Gasteiger partial charge on any atom is -0.393 e. The van der Waals surface area contributed by atoms with E-state index < -0.39 is 0 Å². The third-order valence-corrected chi connectivity index (χ3v) is 5.87. The fourth-order valence-corrected chi connectivity index (χ4v) is 4.00. The third-order valence-electron chi connectivity index (χ3n) is 5.48. The van der Waals surface area contributed by atoms with Gasteiger partial charge in [0, 0.05) is 24.1 Å². The van der Waals surface area contributed by atoms with E-state index >= 15 is 0 Å². The van der Waals surface area contributed by atoms with E-state index in [1.807, 2.05) is 4.68 Å². The molecule has 5 nitrogen and oxygen atoms in total. The zero-order chi connectivity index (χ0) is 19.7. The second kappa shape index (κ2) is 7.99. The molecule has 2 aromatic carbocycles. The molecule has 0 unspecified atom stereocenters. The van der Waals surface area contributed by atoms with Crippen LogP contribution >= 0.6 is 12.2 Å². The SMILES string of the molecule is Cc1ccc(-c2nn(C[NH+]3CCC(O)CC3)c(=S)n2-c2ccc(C)cc2)cc1. The number of rotatable bonds is 4. The van der Waals surface area contributed by atoms with Crippen molar-refractivity contribution < 1.29 is 10.0 Å². The Morgan fingerprint density at radius 3 is 2.18 bits per heavy atom. The molecule has 6 heteroatoms. The van der Waals surface area contributed by atoms with Gasteiger partial charge >= 0.3 is 0 Å². The maximum absolute atomic E-state index is 9.78. The number of aliphatic hydroxyl groups excluding tert-OH is 1. The Labute approximate surface area is 170 Å². The lowest BCUT2D eigenvalue weighted by molar-refractivity contribution is -0.929. The molecule has 0 aliphatic carbocycles. The van der Waals surface area contributed by atoms with Crippen LogP contribution in [0.2, 0.25) is 0 Å². The van der Waals surface area contributed by atoms with Crippen molar-refractivity contribution in [2.45, 2.75) is 39.5 Å². The first-order valence-electron chi connectivity index (χ1n) is 9.87. The highest BCUT2D eigenvalue weighted by Crippen LogP contribution is 2.23. The van der Waals surface area contributed by atoms with E-state index in [9.17, 15) is 5.11 Å². The van der Waals surface area contributed by atoms with Crippen LogP contribution in [0, 0.1) is 18.6 Å². The fourth-order valence-electron chi connectivity index (χ4n) is 3.71. The van der Waals surface area contributed by atoms with E-state index in [1.54, 1.807) is 0 Å². The number of hydrogen-bond acceptors (Lipinski definition) is 3. The van der Waals surface area contributed by atoms with Gasteiger partial charge in [-0.25, -0.2) is 0 Å². The molecule has 146 valence electrons. The second-order valence-electron chi connectivity index (χ2n) is 7.78. The maximum atomic E-state index is 9.78. The molecule has 28 heavy (non-hydrogen) atoms. The number of likely N-dealkylation sites (tertiary alicyclic amines) is 1. The summed E-state index contributed by atoms with van der Waals surface area (Å²) in [6, 6.07) is 16.8. The standard InChI is InChI=1S/C22H26N4OS/c1-16-3-7-18(8-4-16)21-23-25(15-24-13-11-20(27)12-14-24)22(28)26(21)19-9-5-17(2)6-10-19/h3-10,20,27H,11-15H2,1-2H3/p+1. The number of aryl methyl sites for hydroxylation is 2. The Kier molecular flexibility index (Phi) is 5.44. The zero-order valence-electron chi connectivity index (χ0n) is 16.4. The summed E-state index contributed by atoms with van der Waals surface area (Å²) in [5.41, 5.74) is 4.53. The molecule has 2 heterocycles. The van der Waals surface area contributed by atoms with Crippen LogP contribution < -0.4 is 4.90 Å². The monoisotopic (exact) mass is 395 g/mol. The van der Waals surface area contributed by atoms with E-state index in [0.29, 0.717) is 4.77 Å². The predicted molar refractivity (Wildman–Crippen MR) is 113 cm³/mol. The molecule has 0 bridgehead atoms. The molecular weight excluding hydrogens is 368 g/mol. The van der Waals surface area contributed by atoms with Gasteiger partial charge in [0.25, 0.3) is 0 Å². The highest BCUT2D eigenvalue weighted by Gasteiger charge is 2.22. The summed E-state index contributed by atoms with van der Waals surface area (Å²) in [6.45, 7) is 6.79. The average Bonchev–Trinajstić information content (AvgIpc) is 3.01. The van der Waals surface area contributed by atoms with Gasteiger partial charge in [0.15, 0.2) is 12.5 Å². The van der Waals surface area contributed by atoms with Gasteiger partial charge in [-0.1, -0.05) is 47.5 Å². The van der Waals surface area contributed by atoms with Gasteiger partial charge in [-0.2, -0.15) is 4.68 Å². The van der Waals surface area contributed by atoms with Gasteiger partial charge in [0.05, 0.1) is 19.2 Å². The average molecular weight is 396 g/mol. The summed E-state index contributed by atoms with van der Waals surface area (Å²) in [6.07, 6.45) is 1.52. The van der Waals surface area contributed by atoms with Gasteiger partial charge in [0.1, 0.15) is 0 Å². The molecule has 0 radical (unpaired) electrons. The molecule has 0 amide bonds. The van der Waals surface area contributed by atoms with Crippen LogP contribution in [-0.4, -0.2) is 38.6 Å². The van der Waals surface area contributed by atoms with Crippen molar-refractivity contribution in [2.24, 2.45) is 0 Å². The van der Waals surface area contributed by atoms with E-state index in [0.717, 1.165) is 49.7 Å². The normalized spacial score (nSPS) is 19.7. The van der Waals surface area contributed by atoms with E-state index in [2.05, 4.69) is 66.9 Å². The molecule has 1 fully saturated rings. The number of quaternary nitrogens is 1. The maximum Gasteiger partial charge on any atom is 0.207 e. The minimum atomic E-state index is -0.162. The topological polar surface area (TPSA) is 47.4 Å². The number of piperidine rings is 1. The second-order valence-corrected chi connectivity index (χ2v) is 8.15. The summed E-state index contributed by atoms with van der Waals surface area (Å²) in [5.74, 6) is 0.866. The number of aromatic nitrogens is 3. The fraction of sp³-hybridized carbons (Fsp3) is 0.364. The van der Waals surface area contributed by atoms with Crippen molar-refractivity contribution in [1.82, 2.24) is 14.3 Å². The summed E-state index contributed by atoms with van der Waals surface area (Å²) >= 11 is 5.85. The highest BCUT2D eigenvalue weighted by atomic mass is 32.1. The Morgan fingerprint density at radius 1 is 1.00 bits per heavy atom. The Balaban J connectivity index is 1.76. The number of hydrogen-bond donors (Lipinski definition) is 2. The molecule has 1 aliphatic rings. The van der Waals surface area contributed by atoms with Gasteiger partial charge < -0.3 is 10.0 Å². The molecule has 1 aromatic heterocycles. The Bertz CT molecular complexity index is 997. The molecule has 4 rings (SSSR count). The molecule has 3 aromatic rings. The first-order chi connectivity index (χ1) is 13.5. The van der Waals surface area contributed by atoms with Crippen LogP contribution in [0.3, 0.4) is 0 Å². The van der Waals surface area contributed by atoms with Crippen LogP contribution in [0.25, 0.3) is 17.1 Å². The van der Waals surface area contributed by atoms with Crippen LogP contribution in [-0.2, 0) is 6.67 Å². The largest absolute Gasteiger partial charge is 0.393 e. The van der Waals surface area contributed by atoms with Crippen molar-refractivity contribution in [3.05, 3.63) is 64.4 Å². The number of aliphatic hydroxyl groups is 1. The van der Waals surface area contributed by atoms with E-state index in [1.165, 1.54) is 16.0 Å². The van der Waals surface area contributed by atoms with Crippen LogP contribution in [0.15, 0.2) is 48.5 Å². The van der Waals surface area contributed by atoms with Gasteiger partial charge in [-0.3, -0.25) is 4.57 Å². The van der Waals surface area contributed by atoms with Crippen LogP contribution in [0.4, 0.5) is 0 Å². The number of nitrogens with zero attached hydrogens (tertiary/aromatic N) is 3. The smallest absolute Gasteiger partial charge is 0.207 e. The third kappa shape index (κ3) is 3.94. The van der Waals surface area contributed by atoms with Crippen molar-refractivity contribution in [3.63, 3.8) is 0 Å². The molecule has 1 saturated heterocycles. The molecule has 1 aliphatic heterocycles. The minimum absolute atomic E-state index is 0.162. The zero-order valence-corrected chi connectivity index (χ0v) is 17.2. The molecule has 0 atom stereocenters. The quantitative estimate of drug-likeness (QED) is 0.668. The van der Waals surface area contributed by atoms with Crippen molar-refractivity contribution in [1.29, 1.82) is 0 Å². The summed E-state index contributed by atoms with van der Waals surface area (Å²) < 4.78 is 4.72. The Morgan fingerprint density at radius 2 is 1.57 bits per heavy atom. The van der Waals surface area contributed by atoms with Crippen molar-refractivity contribution in [3.8, 4) is 17.1 Å². The first kappa shape index (κ1) is 19.1. The number of benzene rings is 2. The number of nitrogens with one attached hydrogen (secondary N) is 1.